The zero-order valence-electron chi connectivity index (χ0n) is 11.0. The molecule has 1 atom stereocenters. The van der Waals surface area contributed by atoms with E-state index in [1.54, 1.807) is 29.2 Å². The zero-order chi connectivity index (χ0) is 14.0. The van der Waals surface area contributed by atoms with E-state index in [1.165, 1.54) is 0 Å². The summed E-state index contributed by atoms with van der Waals surface area (Å²) in [4.78, 5) is 25.1. The van der Waals surface area contributed by atoms with Gasteiger partial charge in [0.2, 0.25) is 5.91 Å². The fourth-order valence-corrected chi connectivity index (χ4v) is 2.32. The molecule has 1 aromatic carbocycles. The third kappa shape index (κ3) is 3.29. The number of anilines is 1. The molecule has 0 aliphatic carbocycles. The summed E-state index contributed by atoms with van der Waals surface area (Å²) >= 11 is 4.32. The predicted molar refractivity (Wildman–Crippen MR) is 76.7 cm³/mol. The van der Waals surface area contributed by atoms with Gasteiger partial charge in [0.25, 0.3) is 0 Å². The molecule has 0 radical (unpaired) electrons. The Bertz CT molecular complexity index is 484. The molecule has 0 saturated carbocycles. The number of carbonyl (C=O) groups is 2. The van der Waals surface area contributed by atoms with Crippen LogP contribution < -0.4 is 4.90 Å². The average Bonchev–Trinajstić information content (AvgIpc) is 2.68. The van der Waals surface area contributed by atoms with Crippen LogP contribution in [-0.4, -0.2) is 29.8 Å². The van der Waals surface area contributed by atoms with Gasteiger partial charge in [0.05, 0.1) is 11.7 Å². The highest BCUT2D eigenvalue weighted by Gasteiger charge is 2.28. The van der Waals surface area contributed by atoms with Crippen molar-refractivity contribution in [3.05, 3.63) is 29.8 Å². The third-order valence-corrected chi connectivity index (χ3v) is 3.21. The largest absolute Gasteiger partial charge is 0.459 e. The van der Waals surface area contributed by atoms with Crippen LogP contribution in [0.1, 0.15) is 30.6 Å². The first kappa shape index (κ1) is 13.9. The minimum absolute atomic E-state index is 0.0671. The molecule has 19 heavy (non-hydrogen) atoms. The molecule has 1 heterocycles. The normalized spacial score (nSPS) is 19.1. The number of carbonyl (C=O) groups excluding carboxylic acids is 2. The molecule has 1 unspecified atom stereocenters. The van der Waals surface area contributed by atoms with E-state index in [2.05, 4.69) is 12.6 Å². The van der Waals surface area contributed by atoms with Crippen LogP contribution in [-0.2, 0) is 9.53 Å². The molecule has 0 N–H and O–H groups in total. The van der Waals surface area contributed by atoms with Crippen LogP contribution in [0.3, 0.4) is 0 Å². The minimum Gasteiger partial charge on any atom is -0.459 e. The van der Waals surface area contributed by atoms with Gasteiger partial charge in [-0.05, 0) is 38.1 Å². The van der Waals surface area contributed by atoms with Gasteiger partial charge in [-0.1, -0.05) is 0 Å². The smallest absolute Gasteiger partial charge is 0.338 e. The van der Waals surface area contributed by atoms with E-state index < -0.39 is 0 Å². The van der Waals surface area contributed by atoms with Gasteiger partial charge < -0.3 is 9.64 Å². The molecular weight excluding hydrogens is 262 g/mol. The fraction of sp³-hybridized carbons (Fsp3) is 0.429. The number of benzene rings is 1. The van der Waals surface area contributed by atoms with Crippen molar-refractivity contribution in [1.82, 2.24) is 0 Å². The van der Waals surface area contributed by atoms with E-state index in [4.69, 9.17) is 4.74 Å². The minimum atomic E-state index is -0.346. The molecule has 4 nitrogen and oxygen atoms in total. The highest BCUT2D eigenvalue weighted by atomic mass is 32.1. The number of hydrogen-bond acceptors (Lipinski definition) is 4. The molecule has 1 fully saturated rings. The summed E-state index contributed by atoms with van der Waals surface area (Å²) in [6.45, 7) is 4.22. The Hall–Kier alpha value is -1.49. The summed E-state index contributed by atoms with van der Waals surface area (Å²) in [5.41, 5.74) is 1.29. The van der Waals surface area contributed by atoms with Gasteiger partial charge in [-0.3, -0.25) is 4.79 Å². The molecule has 1 aliphatic rings. The Morgan fingerprint density at radius 3 is 2.47 bits per heavy atom. The first-order valence-electron chi connectivity index (χ1n) is 6.27. The van der Waals surface area contributed by atoms with Crippen molar-refractivity contribution >= 4 is 30.2 Å². The Kier molecular flexibility index (Phi) is 4.14. The van der Waals surface area contributed by atoms with Crippen LogP contribution in [0, 0.1) is 0 Å². The van der Waals surface area contributed by atoms with E-state index in [0.717, 1.165) is 5.69 Å². The van der Waals surface area contributed by atoms with E-state index in [9.17, 15) is 9.59 Å². The van der Waals surface area contributed by atoms with Gasteiger partial charge in [-0.15, -0.1) is 0 Å². The van der Waals surface area contributed by atoms with Crippen LogP contribution in [0.2, 0.25) is 0 Å². The first-order valence-corrected chi connectivity index (χ1v) is 6.78. The highest BCUT2D eigenvalue weighted by molar-refractivity contribution is 7.81. The van der Waals surface area contributed by atoms with Crippen LogP contribution in [0.15, 0.2) is 24.3 Å². The molecule has 1 saturated heterocycles. The van der Waals surface area contributed by atoms with Crippen molar-refractivity contribution in [2.45, 2.75) is 31.6 Å². The number of hydrogen-bond donors (Lipinski definition) is 1. The first-order chi connectivity index (χ1) is 8.97. The van der Waals surface area contributed by atoms with Crippen molar-refractivity contribution in [1.29, 1.82) is 0 Å². The fourth-order valence-electron chi connectivity index (χ4n) is 2.00. The number of rotatable bonds is 3. The Balaban J connectivity index is 2.10. The van der Waals surface area contributed by atoms with Crippen molar-refractivity contribution in [3.63, 3.8) is 0 Å². The average molecular weight is 279 g/mol. The van der Waals surface area contributed by atoms with Crippen molar-refractivity contribution in [3.8, 4) is 0 Å². The summed E-state index contributed by atoms with van der Waals surface area (Å²) in [5, 5.41) is 0.0816. The zero-order valence-corrected chi connectivity index (χ0v) is 11.9. The van der Waals surface area contributed by atoms with Gasteiger partial charge in [-0.25, -0.2) is 4.79 Å². The SMILES string of the molecule is CC(C)OC(=O)c1ccc(N2CC(S)CC2=O)cc1. The van der Waals surface area contributed by atoms with E-state index in [-0.39, 0.29) is 23.2 Å². The van der Waals surface area contributed by atoms with Crippen molar-refractivity contribution in [2.75, 3.05) is 11.4 Å². The molecule has 1 amide bonds. The van der Waals surface area contributed by atoms with Gasteiger partial charge in [-0.2, -0.15) is 12.6 Å². The van der Waals surface area contributed by atoms with Crippen LogP contribution >= 0.6 is 12.6 Å². The molecule has 1 aromatic rings. The summed E-state index contributed by atoms with van der Waals surface area (Å²) in [7, 11) is 0. The lowest BCUT2D eigenvalue weighted by Crippen LogP contribution is -2.24. The topological polar surface area (TPSA) is 46.6 Å². The summed E-state index contributed by atoms with van der Waals surface area (Å²) < 4.78 is 5.11. The molecule has 102 valence electrons. The second-order valence-corrected chi connectivity index (χ2v) is 5.59. The van der Waals surface area contributed by atoms with E-state index in [0.29, 0.717) is 18.5 Å². The molecule has 0 spiro atoms. The third-order valence-electron chi connectivity index (χ3n) is 2.86. The number of nitrogens with zero attached hydrogens (tertiary/aromatic N) is 1. The second kappa shape index (κ2) is 5.65. The maximum Gasteiger partial charge on any atom is 0.338 e. The van der Waals surface area contributed by atoms with Gasteiger partial charge in [0.15, 0.2) is 0 Å². The number of amides is 1. The van der Waals surface area contributed by atoms with Gasteiger partial charge >= 0.3 is 5.97 Å². The highest BCUT2D eigenvalue weighted by Crippen LogP contribution is 2.24. The quantitative estimate of drug-likeness (QED) is 0.682. The van der Waals surface area contributed by atoms with Crippen LogP contribution in [0.25, 0.3) is 0 Å². The van der Waals surface area contributed by atoms with Crippen molar-refractivity contribution in [2.24, 2.45) is 0 Å². The van der Waals surface area contributed by atoms with E-state index >= 15 is 0 Å². The molecule has 1 aliphatic heterocycles. The van der Waals surface area contributed by atoms with Crippen LogP contribution in [0.5, 0.6) is 0 Å². The summed E-state index contributed by atoms with van der Waals surface area (Å²) in [5.74, 6) is -0.279. The number of ether oxygens (including phenoxy) is 1. The lowest BCUT2D eigenvalue weighted by atomic mass is 10.2. The molecular formula is C14H17NO3S. The van der Waals surface area contributed by atoms with Crippen molar-refractivity contribution < 1.29 is 14.3 Å². The lowest BCUT2D eigenvalue weighted by Gasteiger charge is -2.16. The predicted octanol–water partition coefficient (Wildman–Crippen LogP) is 2.29. The summed E-state index contributed by atoms with van der Waals surface area (Å²) in [6.07, 6.45) is 0.317. The standard InChI is InChI=1S/C14H17NO3S/c1-9(2)18-14(17)10-3-5-11(6-4-10)15-8-12(19)7-13(15)16/h3-6,9,12,19H,7-8H2,1-2H3. The maximum absolute atomic E-state index is 11.7. The second-order valence-electron chi connectivity index (χ2n) is 4.86. The molecule has 0 bridgehead atoms. The molecule has 5 heteroatoms. The lowest BCUT2D eigenvalue weighted by molar-refractivity contribution is -0.117. The summed E-state index contributed by atoms with van der Waals surface area (Å²) in [6, 6.07) is 6.89. The van der Waals surface area contributed by atoms with Gasteiger partial charge in [0.1, 0.15) is 0 Å². The Labute approximate surface area is 118 Å². The number of thiol groups is 1. The van der Waals surface area contributed by atoms with Gasteiger partial charge in [0, 0.05) is 23.9 Å². The maximum atomic E-state index is 11.7. The molecule has 0 aromatic heterocycles. The monoisotopic (exact) mass is 279 g/mol. The number of esters is 1. The Morgan fingerprint density at radius 1 is 1.37 bits per heavy atom. The molecule has 2 rings (SSSR count). The Morgan fingerprint density at radius 2 is 2.00 bits per heavy atom. The van der Waals surface area contributed by atoms with Crippen LogP contribution in [0.4, 0.5) is 5.69 Å². The van der Waals surface area contributed by atoms with E-state index in [1.807, 2.05) is 13.8 Å².